The summed E-state index contributed by atoms with van der Waals surface area (Å²) in [5, 5.41) is 0. The van der Waals surface area contributed by atoms with Crippen LogP contribution in [-0.2, 0) is 4.74 Å². The highest BCUT2D eigenvalue weighted by Crippen LogP contribution is 2.41. The third-order valence-corrected chi connectivity index (χ3v) is 7.84. The molecule has 1 heteroatoms. The molecule has 0 bridgehead atoms. The highest BCUT2D eigenvalue weighted by atomic mass is 16.5. The topological polar surface area (TPSA) is 9.23 Å². The third kappa shape index (κ3) is 10.1. The molecule has 0 aromatic rings. The standard InChI is InChI=1S/C27H52O/c1-3-5-7-8-9-10-11-12-14-24-15-17-25(18-16-24)26-19-21-27(22-20-26)28-23-13-6-4-2/h24-27H,3-23H2,1-2H3. The summed E-state index contributed by atoms with van der Waals surface area (Å²) < 4.78 is 6.13. The molecule has 2 aliphatic carbocycles. The van der Waals surface area contributed by atoms with Crippen LogP contribution >= 0.6 is 0 Å². The van der Waals surface area contributed by atoms with Crippen LogP contribution in [0.15, 0.2) is 0 Å². The quantitative estimate of drug-likeness (QED) is 0.252. The zero-order chi connectivity index (χ0) is 19.9. The molecule has 0 unspecified atom stereocenters. The van der Waals surface area contributed by atoms with Crippen LogP contribution in [-0.4, -0.2) is 12.7 Å². The molecule has 2 aliphatic rings. The second kappa shape index (κ2) is 15.8. The monoisotopic (exact) mass is 392 g/mol. The molecule has 0 atom stereocenters. The number of hydrogen-bond donors (Lipinski definition) is 0. The third-order valence-electron chi connectivity index (χ3n) is 7.84. The first-order valence-corrected chi connectivity index (χ1v) is 13.4. The SMILES string of the molecule is CCCCCCCCCCC1CCC(C2CCC(OCCCCC)CC2)CC1. The van der Waals surface area contributed by atoms with Gasteiger partial charge in [-0.15, -0.1) is 0 Å². The van der Waals surface area contributed by atoms with Crippen LogP contribution in [0.1, 0.15) is 142 Å². The molecule has 0 aliphatic heterocycles. The maximum Gasteiger partial charge on any atom is 0.0575 e. The smallest absolute Gasteiger partial charge is 0.0575 e. The first-order chi connectivity index (χ1) is 13.8. The second-order valence-corrected chi connectivity index (χ2v) is 10.2. The largest absolute Gasteiger partial charge is 0.378 e. The van der Waals surface area contributed by atoms with E-state index in [0.717, 1.165) is 24.4 Å². The second-order valence-electron chi connectivity index (χ2n) is 10.2. The van der Waals surface area contributed by atoms with Crippen LogP contribution in [0.4, 0.5) is 0 Å². The molecule has 0 aromatic carbocycles. The molecule has 0 aromatic heterocycles. The van der Waals surface area contributed by atoms with Crippen LogP contribution in [0.5, 0.6) is 0 Å². The Labute approximate surface area is 177 Å². The predicted octanol–water partition coefficient (Wildman–Crippen LogP) is 9.09. The van der Waals surface area contributed by atoms with Crippen molar-refractivity contribution in [2.75, 3.05) is 6.61 Å². The van der Waals surface area contributed by atoms with Gasteiger partial charge in [-0.05, 0) is 62.7 Å². The number of ether oxygens (including phenoxy) is 1. The van der Waals surface area contributed by atoms with Gasteiger partial charge in [0.2, 0.25) is 0 Å². The Bertz CT molecular complexity index is 336. The lowest BCUT2D eigenvalue weighted by atomic mass is 9.70. The van der Waals surface area contributed by atoms with Gasteiger partial charge in [-0.3, -0.25) is 0 Å². The Morgan fingerprint density at radius 1 is 0.536 bits per heavy atom. The summed E-state index contributed by atoms with van der Waals surface area (Å²) >= 11 is 0. The van der Waals surface area contributed by atoms with Crippen LogP contribution in [0.25, 0.3) is 0 Å². The molecule has 1 nitrogen and oxygen atoms in total. The van der Waals surface area contributed by atoms with E-state index < -0.39 is 0 Å². The van der Waals surface area contributed by atoms with Crippen molar-refractivity contribution in [3.63, 3.8) is 0 Å². The summed E-state index contributed by atoms with van der Waals surface area (Å²) in [5.74, 6) is 3.14. The molecule has 2 fully saturated rings. The lowest BCUT2D eigenvalue weighted by Gasteiger charge is -2.38. The van der Waals surface area contributed by atoms with E-state index in [1.54, 1.807) is 0 Å². The van der Waals surface area contributed by atoms with E-state index in [0.29, 0.717) is 6.10 Å². The van der Waals surface area contributed by atoms with Gasteiger partial charge in [0.05, 0.1) is 6.10 Å². The summed E-state index contributed by atoms with van der Waals surface area (Å²) in [4.78, 5) is 0. The molecular weight excluding hydrogens is 340 g/mol. The molecule has 166 valence electrons. The van der Waals surface area contributed by atoms with Crippen molar-refractivity contribution in [1.29, 1.82) is 0 Å². The fourth-order valence-corrected chi connectivity index (χ4v) is 5.84. The zero-order valence-corrected chi connectivity index (χ0v) is 19.6. The summed E-state index contributed by atoms with van der Waals surface area (Å²) in [6, 6.07) is 0. The average Bonchev–Trinajstić information content (AvgIpc) is 2.74. The molecule has 0 saturated heterocycles. The summed E-state index contributed by atoms with van der Waals surface area (Å²) in [5.41, 5.74) is 0. The summed E-state index contributed by atoms with van der Waals surface area (Å²) in [6.45, 7) is 5.59. The Balaban J connectivity index is 1.45. The Morgan fingerprint density at radius 2 is 1.04 bits per heavy atom. The van der Waals surface area contributed by atoms with E-state index in [1.165, 1.54) is 128 Å². The fraction of sp³-hybridized carbons (Fsp3) is 1.00. The van der Waals surface area contributed by atoms with Gasteiger partial charge in [-0.25, -0.2) is 0 Å². The minimum Gasteiger partial charge on any atom is -0.378 e. The van der Waals surface area contributed by atoms with Gasteiger partial charge < -0.3 is 4.74 Å². The molecule has 0 N–H and O–H groups in total. The van der Waals surface area contributed by atoms with Crippen LogP contribution in [0.3, 0.4) is 0 Å². The molecular formula is C27H52O. The van der Waals surface area contributed by atoms with Gasteiger partial charge in [0.25, 0.3) is 0 Å². The first kappa shape index (κ1) is 24.2. The molecule has 0 spiro atoms. The van der Waals surface area contributed by atoms with Crippen LogP contribution < -0.4 is 0 Å². The van der Waals surface area contributed by atoms with Gasteiger partial charge in [0, 0.05) is 6.61 Å². The minimum atomic E-state index is 0.589. The number of rotatable bonds is 15. The van der Waals surface area contributed by atoms with E-state index in [-0.39, 0.29) is 0 Å². The van der Waals surface area contributed by atoms with E-state index in [9.17, 15) is 0 Å². The van der Waals surface area contributed by atoms with Gasteiger partial charge in [-0.1, -0.05) is 97.3 Å². The number of hydrogen-bond acceptors (Lipinski definition) is 1. The molecule has 2 saturated carbocycles. The van der Waals surface area contributed by atoms with Crippen molar-refractivity contribution in [2.45, 2.75) is 148 Å². The van der Waals surface area contributed by atoms with E-state index in [2.05, 4.69) is 13.8 Å². The summed E-state index contributed by atoms with van der Waals surface area (Å²) in [7, 11) is 0. The van der Waals surface area contributed by atoms with Crippen LogP contribution in [0, 0.1) is 17.8 Å². The normalized spacial score (nSPS) is 28.5. The van der Waals surface area contributed by atoms with Crippen molar-refractivity contribution in [3.8, 4) is 0 Å². The van der Waals surface area contributed by atoms with Gasteiger partial charge in [0.1, 0.15) is 0 Å². The van der Waals surface area contributed by atoms with Gasteiger partial charge >= 0.3 is 0 Å². The van der Waals surface area contributed by atoms with Crippen molar-refractivity contribution in [3.05, 3.63) is 0 Å². The molecule has 0 radical (unpaired) electrons. The first-order valence-electron chi connectivity index (χ1n) is 13.4. The van der Waals surface area contributed by atoms with Crippen molar-refractivity contribution in [2.24, 2.45) is 17.8 Å². The molecule has 28 heavy (non-hydrogen) atoms. The average molecular weight is 393 g/mol. The van der Waals surface area contributed by atoms with E-state index >= 15 is 0 Å². The molecule has 2 rings (SSSR count). The van der Waals surface area contributed by atoms with Crippen molar-refractivity contribution in [1.82, 2.24) is 0 Å². The Kier molecular flexibility index (Phi) is 13.6. The summed E-state index contributed by atoms with van der Waals surface area (Å²) in [6.07, 6.45) is 29.5. The van der Waals surface area contributed by atoms with Crippen LogP contribution in [0.2, 0.25) is 0 Å². The Hall–Kier alpha value is -0.0400. The van der Waals surface area contributed by atoms with E-state index in [1.807, 2.05) is 0 Å². The lowest BCUT2D eigenvalue weighted by molar-refractivity contribution is 0.00538. The van der Waals surface area contributed by atoms with Crippen molar-refractivity contribution >= 4 is 0 Å². The highest BCUT2D eigenvalue weighted by molar-refractivity contribution is 4.82. The minimum absolute atomic E-state index is 0.589. The molecule has 0 amide bonds. The van der Waals surface area contributed by atoms with E-state index in [4.69, 9.17) is 4.74 Å². The zero-order valence-electron chi connectivity index (χ0n) is 19.6. The lowest BCUT2D eigenvalue weighted by Crippen LogP contribution is -2.28. The maximum absolute atomic E-state index is 6.13. The fourth-order valence-electron chi connectivity index (χ4n) is 5.84. The van der Waals surface area contributed by atoms with Gasteiger partial charge in [-0.2, -0.15) is 0 Å². The number of unbranched alkanes of at least 4 members (excludes halogenated alkanes) is 9. The highest BCUT2D eigenvalue weighted by Gasteiger charge is 2.30. The molecule has 0 heterocycles. The van der Waals surface area contributed by atoms with Gasteiger partial charge in [0.15, 0.2) is 0 Å². The maximum atomic E-state index is 6.13. The Morgan fingerprint density at radius 3 is 1.64 bits per heavy atom. The van der Waals surface area contributed by atoms with Crippen molar-refractivity contribution < 1.29 is 4.74 Å². The predicted molar refractivity (Wildman–Crippen MR) is 124 cm³/mol.